The molecule has 0 spiro atoms. The molecule has 9 rings (SSSR count). The fraction of sp³-hybridized carbons (Fsp3) is 0. The molecular formula is C48H30N6. The summed E-state index contributed by atoms with van der Waals surface area (Å²) in [6.07, 6.45) is 0. The van der Waals surface area contributed by atoms with Gasteiger partial charge in [-0.1, -0.05) is 152 Å². The van der Waals surface area contributed by atoms with Crippen LogP contribution in [0, 0.1) is 11.3 Å². The minimum atomic E-state index is 0.552. The van der Waals surface area contributed by atoms with Crippen molar-refractivity contribution in [3.05, 3.63) is 188 Å². The Kier molecular flexibility index (Phi) is 8.48. The number of nitriles is 1. The summed E-state index contributed by atoms with van der Waals surface area (Å²) in [5, 5.41) is 10.6. The summed E-state index contributed by atoms with van der Waals surface area (Å²) in [6, 6.07) is 62.8. The number of para-hydroxylation sites is 1. The highest BCUT2D eigenvalue weighted by atomic mass is 15.0. The van der Waals surface area contributed by atoms with Crippen molar-refractivity contribution in [1.82, 2.24) is 24.9 Å². The molecule has 6 nitrogen and oxygen atoms in total. The van der Waals surface area contributed by atoms with Crippen LogP contribution in [0.2, 0.25) is 0 Å². The van der Waals surface area contributed by atoms with Crippen molar-refractivity contribution in [2.75, 3.05) is 0 Å². The summed E-state index contributed by atoms with van der Waals surface area (Å²) >= 11 is 0. The van der Waals surface area contributed by atoms with E-state index in [1.54, 1.807) is 0 Å². The van der Waals surface area contributed by atoms with Crippen molar-refractivity contribution in [2.24, 2.45) is 0 Å². The number of nitrogens with zero attached hydrogens (tertiary/aromatic N) is 6. The molecule has 252 valence electrons. The molecule has 2 aromatic heterocycles. The predicted octanol–water partition coefficient (Wildman–Crippen LogP) is 11.4. The zero-order valence-electron chi connectivity index (χ0n) is 29.0. The van der Waals surface area contributed by atoms with E-state index >= 15 is 0 Å². The fourth-order valence-corrected chi connectivity index (χ4v) is 6.74. The number of benzene rings is 7. The second-order valence-electron chi connectivity index (χ2n) is 12.8. The summed E-state index contributed by atoms with van der Waals surface area (Å²) in [5.74, 6) is 2.40. The molecule has 0 aliphatic rings. The molecule has 0 saturated carbocycles. The van der Waals surface area contributed by atoms with E-state index in [-0.39, 0.29) is 0 Å². The quantitative estimate of drug-likeness (QED) is 0.165. The molecule has 0 amide bonds. The second kappa shape index (κ2) is 14.2. The van der Waals surface area contributed by atoms with E-state index in [1.807, 2.05) is 133 Å². The van der Waals surface area contributed by atoms with Crippen LogP contribution in [-0.2, 0) is 0 Å². The molecule has 0 aliphatic carbocycles. The third kappa shape index (κ3) is 6.27. The summed E-state index contributed by atoms with van der Waals surface area (Å²) in [6.45, 7) is 0. The van der Waals surface area contributed by atoms with Gasteiger partial charge in [0.05, 0.1) is 22.8 Å². The van der Waals surface area contributed by atoms with E-state index in [1.165, 1.54) is 0 Å². The van der Waals surface area contributed by atoms with E-state index in [4.69, 9.17) is 24.9 Å². The van der Waals surface area contributed by atoms with Gasteiger partial charge in [-0.25, -0.2) is 24.9 Å². The van der Waals surface area contributed by atoms with E-state index in [2.05, 4.69) is 54.6 Å². The van der Waals surface area contributed by atoms with Gasteiger partial charge in [-0.2, -0.15) is 5.26 Å². The summed E-state index contributed by atoms with van der Waals surface area (Å²) in [4.78, 5) is 25.2. The predicted molar refractivity (Wildman–Crippen MR) is 216 cm³/mol. The lowest BCUT2D eigenvalue weighted by molar-refractivity contribution is 1.07. The lowest BCUT2D eigenvalue weighted by Gasteiger charge is -2.16. The van der Waals surface area contributed by atoms with Gasteiger partial charge in [-0.3, -0.25) is 0 Å². The first-order valence-electron chi connectivity index (χ1n) is 17.7. The SMILES string of the molecule is N#Cc1ccc(-c2cc(-c3ccccc3-c3nc(-c4ccccc4)nc4ccccc34)ccc2-c2nc(-c3ccccc3)nc(-c3ccccc3)n2)cc1. The van der Waals surface area contributed by atoms with Crippen LogP contribution in [0.5, 0.6) is 0 Å². The highest BCUT2D eigenvalue weighted by molar-refractivity contribution is 5.99. The third-order valence-corrected chi connectivity index (χ3v) is 9.41. The lowest BCUT2D eigenvalue weighted by Crippen LogP contribution is -2.01. The van der Waals surface area contributed by atoms with Crippen LogP contribution in [0.25, 0.3) is 90.0 Å². The number of fused-ring (bicyclic) bond motifs is 1. The molecule has 9 aromatic rings. The maximum Gasteiger partial charge on any atom is 0.164 e. The first kappa shape index (κ1) is 32.3. The van der Waals surface area contributed by atoms with E-state index in [0.717, 1.165) is 66.7 Å². The monoisotopic (exact) mass is 690 g/mol. The minimum Gasteiger partial charge on any atom is -0.228 e. The molecular weight excluding hydrogens is 661 g/mol. The Morgan fingerprint density at radius 1 is 0.333 bits per heavy atom. The highest BCUT2D eigenvalue weighted by Gasteiger charge is 2.19. The third-order valence-electron chi connectivity index (χ3n) is 9.41. The molecule has 0 saturated heterocycles. The molecule has 7 aromatic carbocycles. The van der Waals surface area contributed by atoms with Crippen LogP contribution in [0.15, 0.2) is 182 Å². The summed E-state index contributed by atoms with van der Waals surface area (Å²) in [7, 11) is 0. The molecule has 0 aliphatic heterocycles. The van der Waals surface area contributed by atoms with E-state index in [0.29, 0.717) is 28.9 Å². The van der Waals surface area contributed by atoms with Crippen LogP contribution < -0.4 is 0 Å². The maximum atomic E-state index is 9.62. The molecule has 2 heterocycles. The van der Waals surface area contributed by atoms with E-state index < -0.39 is 0 Å². The lowest BCUT2D eigenvalue weighted by atomic mass is 9.90. The Morgan fingerprint density at radius 3 is 1.44 bits per heavy atom. The van der Waals surface area contributed by atoms with Gasteiger partial charge in [0, 0.05) is 33.2 Å². The first-order chi connectivity index (χ1) is 26.7. The normalized spacial score (nSPS) is 10.9. The van der Waals surface area contributed by atoms with Gasteiger partial charge in [0.1, 0.15) is 0 Å². The van der Waals surface area contributed by atoms with Crippen LogP contribution in [-0.4, -0.2) is 24.9 Å². The Hall–Kier alpha value is -7.62. The molecule has 0 fully saturated rings. The van der Waals surface area contributed by atoms with Crippen LogP contribution in [0.3, 0.4) is 0 Å². The minimum absolute atomic E-state index is 0.552. The van der Waals surface area contributed by atoms with Crippen LogP contribution in [0.1, 0.15) is 5.56 Å². The number of hydrogen-bond acceptors (Lipinski definition) is 6. The van der Waals surface area contributed by atoms with Gasteiger partial charge < -0.3 is 0 Å². The molecule has 0 radical (unpaired) electrons. The smallest absolute Gasteiger partial charge is 0.164 e. The van der Waals surface area contributed by atoms with Crippen molar-refractivity contribution in [3.63, 3.8) is 0 Å². The van der Waals surface area contributed by atoms with Gasteiger partial charge in [0.2, 0.25) is 0 Å². The Bertz CT molecular complexity index is 2760. The molecule has 6 heteroatoms. The first-order valence-corrected chi connectivity index (χ1v) is 17.7. The Morgan fingerprint density at radius 2 is 0.833 bits per heavy atom. The van der Waals surface area contributed by atoms with Crippen molar-refractivity contribution < 1.29 is 0 Å². The van der Waals surface area contributed by atoms with Gasteiger partial charge >= 0.3 is 0 Å². The zero-order valence-corrected chi connectivity index (χ0v) is 29.0. The van der Waals surface area contributed by atoms with Gasteiger partial charge in [-0.15, -0.1) is 0 Å². The Labute approximate surface area is 312 Å². The summed E-state index contributed by atoms with van der Waals surface area (Å²) < 4.78 is 0. The van der Waals surface area contributed by atoms with Gasteiger partial charge in [0.15, 0.2) is 23.3 Å². The van der Waals surface area contributed by atoms with Crippen LogP contribution in [0.4, 0.5) is 0 Å². The fourth-order valence-electron chi connectivity index (χ4n) is 6.74. The van der Waals surface area contributed by atoms with Gasteiger partial charge in [0.25, 0.3) is 0 Å². The second-order valence-corrected chi connectivity index (χ2v) is 12.8. The van der Waals surface area contributed by atoms with Crippen molar-refractivity contribution >= 4 is 10.9 Å². The van der Waals surface area contributed by atoms with Crippen molar-refractivity contribution in [2.45, 2.75) is 0 Å². The molecule has 0 atom stereocenters. The molecule has 54 heavy (non-hydrogen) atoms. The highest BCUT2D eigenvalue weighted by Crippen LogP contribution is 2.40. The average Bonchev–Trinajstić information content (AvgIpc) is 3.26. The van der Waals surface area contributed by atoms with Gasteiger partial charge in [-0.05, 0) is 52.6 Å². The van der Waals surface area contributed by atoms with E-state index in [9.17, 15) is 5.26 Å². The largest absolute Gasteiger partial charge is 0.228 e. The Balaban J connectivity index is 1.26. The summed E-state index contributed by atoms with van der Waals surface area (Å²) in [5.41, 5.74) is 10.8. The number of rotatable bonds is 7. The van der Waals surface area contributed by atoms with Crippen molar-refractivity contribution in [3.8, 4) is 85.1 Å². The van der Waals surface area contributed by atoms with Crippen molar-refractivity contribution in [1.29, 1.82) is 5.26 Å². The average molecular weight is 691 g/mol. The molecule has 0 bridgehead atoms. The number of hydrogen-bond donors (Lipinski definition) is 0. The molecule has 0 N–H and O–H groups in total. The number of aromatic nitrogens is 5. The van der Waals surface area contributed by atoms with Crippen LogP contribution >= 0.6 is 0 Å². The maximum absolute atomic E-state index is 9.62. The molecule has 0 unspecified atom stereocenters. The topological polar surface area (TPSA) is 88.2 Å². The standard InChI is InChI=1S/C48H30N6/c49-31-32-24-26-33(27-25-32)42-30-37(28-29-40(42)48-53-46(35-16-6-2-7-17-35)52-47(54-48)36-18-8-3-9-19-36)38-20-10-11-21-39(38)44-41-22-12-13-23-43(41)50-45(51-44)34-14-4-1-5-15-34/h1-30H. The zero-order chi connectivity index (χ0) is 36.3.